The fraction of sp³-hybridized carbons (Fsp3) is 0.467. The van der Waals surface area contributed by atoms with Crippen molar-refractivity contribution in [2.45, 2.75) is 25.0 Å². The minimum absolute atomic E-state index is 0.0978. The van der Waals surface area contributed by atoms with Crippen LogP contribution in [0.4, 0.5) is 5.95 Å². The van der Waals surface area contributed by atoms with Crippen molar-refractivity contribution in [1.82, 2.24) is 19.7 Å². The maximum absolute atomic E-state index is 10.5. The van der Waals surface area contributed by atoms with Crippen LogP contribution in [0.25, 0.3) is 0 Å². The highest BCUT2D eigenvalue weighted by Gasteiger charge is 2.31. The van der Waals surface area contributed by atoms with Crippen LogP contribution in [-0.4, -0.2) is 37.9 Å². The van der Waals surface area contributed by atoms with Gasteiger partial charge in [0.1, 0.15) is 0 Å². The quantitative estimate of drug-likeness (QED) is 0.899. The standard InChI is InChI=1S/C15H20ClN5O/c1-20-15(17)18-14(19-20)12-7-4-8-21(12)9-13(22)10-5-2-3-6-11(10)16/h2-3,5-6,12-13,22H,4,7-9H2,1H3,(H2,17,18,19)/t12?,13-/m0/s1. The maximum Gasteiger partial charge on any atom is 0.218 e. The van der Waals surface area contributed by atoms with Gasteiger partial charge in [0.15, 0.2) is 5.82 Å². The van der Waals surface area contributed by atoms with Crippen molar-refractivity contribution in [3.05, 3.63) is 40.7 Å². The fourth-order valence-electron chi connectivity index (χ4n) is 2.96. The van der Waals surface area contributed by atoms with E-state index in [0.29, 0.717) is 17.5 Å². The third-order valence-corrected chi connectivity index (χ3v) is 4.49. The third kappa shape index (κ3) is 2.95. The number of anilines is 1. The van der Waals surface area contributed by atoms with E-state index in [9.17, 15) is 5.11 Å². The van der Waals surface area contributed by atoms with Gasteiger partial charge in [-0.2, -0.15) is 10.1 Å². The van der Waals surface area contributed by atoms with E-state index in [1.54, 1.807) is 17.8 Å². The third-order valence-electron chi connectivity index (χ3n) is 4.15. The van der Waals surface area contributed by atoms with Crippen molar-refractivity contribution in [2.24, 2.45) is 7.05 Å². The van der Waals surface area contributed by atoms with Crippen molar-refractivity contribution in [3.63, 3.8) is 0 Å². The zero-order valence-electron chi connectivity index (χ0n) is 12.5. The summed E-state index contributed by atoms with van der Waals surface area (Å²) >= 11 is 6.16. The Morgan fingerprint density at radius 2 is 2.23 bits per heavy atom. The van der Waals surface area contributed by atoms with E-state index in [1.807, 2.05) is 18.2 Å². The number of halogens is 1. The van der Waals surface area contributed by atoms with E-state index in [2.05, 4.69) is 15.0 Å². The number of aliphatic hydroxyl groups is 1. The molecule has 22 heavy (non-hydrogen) atoms. The molecule has 0 amide bonds. The van der Waals surface area contributed by atoms with Gasteiger partial charge in [0.25, 0.3) is 0 Å². The number of β-amino-alcohol motifs (C(OH)–C–C–N with tert-alkyl or cyclic N) is 1. The molecule has 1 fully saturated rings. The molecule has 0 aliphatic carbocycles. The van der Waals surface area contributed by atoms with Gasteiger partial charge in [0.05, 0.1) is 12.1 Å². The Morgan fingerprint density at radius 1 is 1.45 bits per heavy atom. The van der Waals surface area contributed by atoms with Gasteiger partial charge >= 0.3 is 0 Å². The van der Waals surface area contributed by atoms with Gasteiger partial charge in [-0.15, -0.1) is 0 Å². The topological polar surface area (TPSA) is 80.2 Å². The summed E-state index contributed by atoms with van der Waals surface area (Å²) in [5.74, 6) is 1.14. The molecule has 1 aromatic carbocycles. The number of nitrogens with zero attached hydrogens (tertiary/aromatic N) is 4. The van der Waals surface area contributed by atoms with E-state index in [4.69, 9.17) is 17.3 Å². The number of aryl methyl sites for hydroxylation is 1. The van der Waals surface area contributed by atoms with Gasteiger partial charge in [-0.25, -0.2) is 4.68 Å². The van der Waals surface area contributed by atoms with E-state index < -0.39 is 6.10 Å². The molecule has 3 N–H and O–H groups in total. The monoisotopic (exact) mass is 321 g/mol. The highest BCUT2D eigenvalue weighted by molar-refractivity contribution is 6.31. The lowest BCUT2D eigenvalue weighted by Gasteiger charge is -2.25. The molecular weight excluding hydrogens is 302 g/mol. The number of hydrogen-bond donors (Lipinski definition) is 2. The molecule has 0 saturated carbocycles. The smallest absolute Gasteiger partial charge is 0.218 e. The highest BCUT2D eigenvalue weighted by Crippen LogP contribution is 2.33. The van der Waals surface area contributed by atoms with Gasteiger partial charge in [0, 0.05) is 24.2 Å². The van der Waals surface area contributed by atoms with Crippen LogP contribution in [0.2, 0.25) is 5.02 Å². The second-order valence-corrected chi connectivity index (χ2v) is 6.05. The highest BCUT2D eigenvalue weighted by atomic mass is 35.5. The Hall–Kier alpha value is -1.63. The van der Waals surface area contributed by atoms with E-state index in [1.165, 1.54) is 0 Å². The van der Waals surface area contributed by atoms with Crippen molar-refractivity contribution in [2.75, 3.05) is 18.8 Å². The number of aromatic nitrogens is 3. The zero-order chi connectivity index (χ0) is 15.7. The van der Waals surface area contributed by atoms with E-state index in [0.717, 1.165) is 30.8 Å². The van der Waals surface area contributed by atoms with Crippen LogP contribution in [0.1, 0.15) is 36.4 Å². The molecule has 0 radical (unpaired) electrons. The summed E-state index contributed by atoms with van der Waals surface area (Å²) < 4.78 is 1.58. The number of nitrogens with two attached hydrogens (primary N) is 1. The molecule has 6 nitrogen and oxygen atoms in total. The largest absolute Gasteiger partial charge is 0.387 e. The van der Waals surface area contributed by atoms with Crippen LogP contribution in [0.15, 0.2) is 24.3 Å². The van der Waals surface area contributed by atoms with Gasteiger partial charge in [-0.05, 0) is 25.5 Å². The fourth-order valence-corrected chi connectivity index (χ4v) is 3.22. The SMILES string of the molecule is Cn1nc(C2CCCN2C[C@H](O)c2ccccc2Cl)nc1N. The molecule has 118 valence electrons. The first-order valence-corrected chi connectivity index (χ1v) is 7.77. The van der Waals surface area contributed by atoms with Crippen molar-refractivity contribution in [1.29, 1.82) is 0 Å². The van der Waals surface area contributed by atoms with E-state index >= 15 is 0 Å². The van der Waals surface area contributed by atoms with Crippen LogP contribution < -0.4 is 5.73 Å². The van der Waals surface area contributed by atoms with Crippen LogP contribution in [0, 0.1) is 0 Å². The van der Waals surface area contributed by atoms with Crippen molar-refractivity contribution >= 4 is 17.5 Å². The Bertz CT molecular complexity index is 640. The zero-order valence-corrected chi connectivity index (χ0v) is 13.2. The first-order valence-electron chi connectivity index (χ1n) is 7.39. The number of nitrogen functional groups attached to an aromatic ring is 1. The molecule has 7 heteroatoms. The maximum atomic E-state index is 10.5. The van der Waals surface area contributed by atoms with Crippen LogP contribution in [0.5, 0.6) is 0 Å². The number of rotatable bonds is 4. The molecular formula is C15H20ClN5O. The molecule has 2 aromatic rings. The van der Waals surface area contributed by atoms with Crippen LogP contribution in [-0.2, 0) is 7.05 Å². The Balaban J connectivity index is 1.75. The van der Waals surface area contributed by atoms with Gasteiger partial charge in [-0.1, -0.05) is 29.8 Å². The summed E-state index contributed by atoms with van der Waals surface area (Å²) in [6, 6.07) is 7.49. The molecule has 2 heterocycles. The van der Waals surface area contributed by atoms with Crippen molar-refractivity contribution in [3.8, 4) is 0 Å². The summed E-state index contributed by atoms with van der Waals surface area (Å²) in [5, 5.41) is 15.4. The molecule has 3 rings (SSSR count). The number of likely N-dealkylation sites (tertiary alicyclic amines) is 1. The molecule has 1 aromatic heterocycles. The molecule has 1 unspecified atom stereocenters. The summed E-state index contributed by atoms with van der Waals surface area (Å²) in [7, 11) is 1.78. The summed E-state index contributed by atoms with van der Waals surface area (Å²) in [6.07, 6.45) is 1.40. The predicted molar refractivity (Wildman–Crippen MR) is 85.4 cm³/mol. The van der Waals surface area contributed by atoms with Crippen LogP contribution in [0.3, 0.4) is 0 Å². The number of aliphatic hydroxyl groups excluding tert-OH is 1. The summed E-state index contributed by atoms with van der Waals surface area (Å²) in [4.78, 5) is 6.52. The summed E-state index contributed by atoms with van der Waals surface area (Å²) in [5.41, 5.74) is 6.52. The van der Waals surface area contributed by atoms with Gasteiger partial charge in [0.2, 0.25) is 5.95 Å². The second-order valence-electron chi connectivity index (χ2n) is 5.64. The lowest BCUT2D eigenvalue weighted by Crippen LogP contribution is -2.29. The molecule has 1 saturated heterocycles. The Morgan fingerprint density at radius 3 is 2.91 bits per heavy atom. The summed E-state index contributed by atoms with van der Waals surface area (Å²) in [6.45, 7) is 1.41. The Labute approximate surface area is 134 Å². The first-order chi connectivity index (χ1) is 10.6. The van der Waals surface area contributed by atoms with Gasteiger partial charge in [-0.3, -0.25) is 4.90 Å². The number of hydrogen-bond acceptors (Lipinski definition) is 5. The lowest BCUT2D eigenvalue weighted by atomic mass is 10.1. The molecule has 0 bridgehead atoms. The molecule has 0 spiro atoms. The minimum atomic E-state index is -0.629. The van der Waals surface area contributed by atoms with Gasteiger partial charge < -0.3 is 10.8 Å². The Kier molecular flexibility index (Phi) is 4.33. The van der Waals surface area contributed by atoms with Crippen LogP contribution >= 0.6 is 11.6 Å². The van der Waals surface area contributed by atoms with E-state index in [-0.39, 0.29) is 6.04 Å². The molecule has 1 aliphatic rings. The normalized spacial score (nSPS) is 20.4. The second kappa shape index (κ2) is 6.24. The average Bonchev–Trinajstić information content (AvgIpc) is 3.06. The minimum Gasteiger partial charge on any atom is -0.387 e. The molecule has 1 aliphatic heterocycles. The lowest BCUT2D eigenvalue weighted by molar-refractivity contribution is 0.104. The number of benzene rings is 1. The molecule has 2 atom stereocenters. The first kappa shape index (κ1) is 15.3. The average molecular weight is 322 g/mol. The predicted octanol–water partition coefficient (Wildman–Crippen LogP) is 1.92. The van der Waals surface area contributed by atoms with Crippen molar-refractivity contribution < 1.29 is 5.11 Å².